The first-order chi connectivity index (χ1) is 21.8. The lowest BCUT2D eigenvalue weighted by Crippen LogP contribution is -2.51. The van der Waals surface area contributed by atoms with Crippen molar-refractivity contribution in [2.75, 3.05) is 19.0 Å². The minimum Gasteiger partial charge on any atom is -0.453 e. The van der Waals surface area contributed by atoms with Gasteiger partial charge >= 0.3 is 6.09 Å². The van der Waals surface area contributed by atoms with E-state index in [9.17, 15) is 14.4 Å². The lowest BCUT2D eigenvalue weighted by Gasteiger charge is -2.30. The molecule has 1 saturated heterocycles. The highest BCUT2D eigenvalue weighted by molar-refractivity contribution is 5.89. The Bertz CT molecular complexity index is 1610. The molecule has 2 aromatic heterocycles. The molecule has 11 heteroatoms. The van der Waals surface area contributed by atoms with Crippen molar-refractivity contribution in [3.8, 4) is 33.6 Å². The zero-order chi connectivity index (χ0) is 31.9. The molecule has 236 valence electrons. The van der Waals surface area contributed by atoms with Gasteiger partial charge in [0.2, 0.25) is 17.8 Å². The summed E-state index contributed by atoms with van der Waals surface area (Å²) in [5.74, 6) is 0.929. The van der Waals surface area contributed by atoms with E-state index in [2.05, 4.69) is 73.9 Å². The highest BCUT2D eigenvalue weighted by Crippen LogP contribution is 2.33. The Kier molecular flexibility index (Phi) is 9.96. The number of amides is 3. The van der Waals surface area contributed by atoms with Gasteiger partial charge in [0.15, 0.2) is 0 Å². The van der Waals surface area contributed by atoms with E-state index in [1.165, 1.54) is 7.11 Å². The molecular weight excluding hydrogens is 570 g/mol. The van der Waals surface area contributed by atoms with Crippen LogP contribution in [0.1, 0.15) is 64.7 Å². The number of alkyl carbamates (subject to hydrolysis) is 1. The van der Waals surface area contributed by atoms with E-state index in [1.54, 1.807) is 12.4 Å². The van der Waals surface area contributed by atoms with E-state index >= 15 is 0 Å². The van der Waals surface area contributed by atoms with Gasteiger partial charge in [-0.15, -0.1) is 0 Å². The van der Waals surface area contributed by atoms with Gasteiger partial charge in [0.05, 0.1) is 36.9 Å². The number of rotatable bonds is 11. The number of methoxy groups -OCH3 is 1. The second-order valence-corrected chi connectivity index (χ2v) is 11.7. The van der Waals surface area contributed by atoms with Crippen molar-refractivity contribution < 1.29 is 19.1 Å². The fourth-order valence-corrected chi connectivity index (χ4v) is 5.59. The molecular formula is C34H41N7O4. The molecule has 0 bridgehead atoms. The Morgan fingerprint density at radius 1 is 0.933 bits per heavy atom. The predicted octanol–water partition coefficient (Wildman–Crippen LogP) is 6.31. The first kappa shape index (κ1) is 31.5. The first-order valence-electron chi connectivity index (χ1n) is 15.5. The van der Waals surface area contributed by atoms with Gasteiger partial charge in [-0.3, -0.25) is 14.9 Å². The summed E-state index contributed by atoms with van der Waals surface area (Å²) in [6, 6.07) is 15.6. The first-order valence-corrected chi connectivity index (χ1v) is 15.5. The normalized spacial score (nSPS) is 15.2. The Morgan fingerprint density at radius 2 is 1.53 bits per heavy atom. The van der Waals surface area contributed by atoms with Gasteiger partial charge < -0.3 is 24.9 Å². The average Bonchev–Trinajstić information content (AvgIpc) is 3.83. The summed E-state index contributed by atoms with van der Waals surface area (Å²) in [5.41, 5.74) is 5.81. The van der Waals surface area contributed by atoms with Crippen LogP contribution < -0.4 is 10.6 Å². The Morgan fingerprint density at radius 3 is 2.13 bits per heavy atom. The van der Waals surface area contributed by atoms with Crippen LogP contribution in [0.4, 0.5) is 10.7 Å². The van der Waals surface area contributed by atoms with Gasteiger partial charge in [-0.2, -0.15) is 0 Å². The van der Waals surface area contributed by atoms with E-state index < -0.39 is 12.1 Å². The van der Waals surface area contributed by atoms with Crippen molar-refractivity contribution in [3.63, 3.8) is 0 Å². The molecule has 2 unspecified atom stereocenters. The number of carbonyl (C=O) groups excluding carboxylic acids is 3. The molecule has 0 radical (unpaired) electrons. The zero-order valence-electron chi connectivity index (χ0n) is 26.2. The maximum Gasteiger partial charge on any atom is 0.407 e. The minimum atomic E-state index is -0.672. The number of nitrogens with zero attached hydrogens (tertiary/aromatic N) is 3. The maximum atomic E-state index is 13.4. The average molecular weight is 612 g/mol. The molecule has 2 atom stereocenters. The van der Waals surface area contributed by atoms with Crippen LogP contribution in [-0.4, -0.2) is 62.4 Å². The summed E-state index contributed by atoms with van der Waals surface area (Å²) >= 11 is 0. The molecule has 0 saturated carbocycles. The number of benzene rings is 2. The summed E-state index contributed by atoms with van der Waals surface area (Å²) < 4.78 is 4.73. The second-order valence-electron chi connectivity index (χ2n) is 11.7. The summed E-state index contributed by atoms with van der Waals surface area (Å²) in [6.45, 7) is 6.47. The summed E-state index contributed by atoms with van der Waals surface area (Å²) in [5, 5.41) is 5.50. The molecule has 5 rings (SSSR count). The van der Waals surface area contributed by atoms with Crippen LogP contribution in [0, 0.1) is 5.92 Å². The third-order valence-corrected chi connectivity index (χ3v) is 8.15. The number of aromatic nitrogens is 4. The Balaban J connectivity index is 1.24. The van der Waals surface area contributed by atoms with Gasteiger partial charge in [0.1, 0.15) is 11.9 Å². The molecule has 3 amide bonds. The van der Waals surface area contributed by atoms with E-state index in [1.807, 2.05) is 30.9 Å². The molecule has 11 nitrogen and oxygen atoms in total. The van der Waals surface area contributed by atoms with Crippen molar-refractivity contribution in [3.05, 3.63) is 66.7 Å². The third-order valence-electron chi connectivity index (χ3n) is 8.15. The third kappa shape index (κ3) is 7.42. The number of anilines is 1. The standard InChI is InChI=1S/C34H41N7O4/c1-5-6-9-29(42)39-33-36-20-27(38-33)25-16-12-23(13-17-25)22-10-14-24(15-11-22)26-19-35-31(37-26)28-8-7-18-41(28)32(43)30(21(2)3)40-34(44)45-4/h10-17,19-21,28,30H,5-9,18H2,1-4H3,(H,35,37)(H,40,44)(H2,36,38,39,42). The number of hydrogen-bond donors (Lipinski definition) is 4. The quantitative estimate of drug-likeness (QED) is 0.156. The van der Waals surface area contributed by atoms with Gasteiger partial charge in [-0.25, -0.2) is 14.8 Å². The topological polar surface area (TPSA) is 145 Å². The van der Waals surface area contributed by atoms with Crippen molar-refractivity contribution in [2.45, 2.75) is 65.0 Å². The Labute approximate surface area is 263 Å². The summed E-state index contributed by atoms with van der Waals surface area (Å²) in [4.78, 5) is 54.7. The number of likely N-dealkylation sites (tertiary alicyclic amines) is 1. The molecule has 0 aliphatic carbocycles. The van der Waals surface area contributed by atoms with E-state index in [0.29, 0.717) is 18.9 Å². The SMILES string of the molecule is CCCCC(=O)Nc1ncc(-c2ccc(-c3ccc(-c4cnc(C5CCCN5C(=O)C(NC(=O)OC)C(C)C)[nH]4)cc3)cc2)[nH]1. The van der Waals surface area contributed by atoms with Gasteiger partial charge in [0, 0.05) is 13.0 Å². The van der Waals surface area contributed by atoms with Crippen molar-refractivity contribution in [1.29, 1.82) is 0 Å². The number of carbonyl (C=O) groups is 3. The summed E-state index contributed by atoms with van der Waals surface area (Å²) in [7, 11) is 1.29. The fourth-order valence-electron chi connectivity index (χ4n) is 5.59. The van der Waals surface area contributed by atoms with Crippen LogP contribution in [0.25, 0.3) is 33.6 Å². The van der Waals surface area contributed by atoms with Crippen molar-refractivity contribution >= 4 is 23.9 Å². The molecule has 2 aromatic carbocycles. The number of nitrogens with one attached hydrogen (secondary N) is 4. The van der Waals surface area contributed by atoms with E-state index in [0.717, 1.165) is 65.1 Å². The van der Waals surface area contributed by atoms with E-state index in [-0.39, 0.29) is 23.8 Å². The number of unbranched alkanes of at least 4 members (excludes halogenated alkanes) is 1. The molecule has 0 spiro atoms. The van der Waals surface area contributed by atoms with Crippen molar-refractivity contribution in [1.82, 2.24) is 30.2 Å². The number of imidazole rings is 2. The highest BCUT2D eigenvalue weighted by atomic mass is 16.5. The van der Waals surface area contributed by atoms with Gasteiger partial charge in [-0.1, -0.05) is 75.7 Å². The smallest absolute Gasteiger partial charge is 0.407 e. The molecule has 3 heterocycles. The fraction of sp³-hybridized carbons (Fsp3) is 0.382. The lowest BCUT2D eigenvalue weighted by atomic mass is 10.0. The van der Waals surface area contributed by atoms with Crippen LogP contribution >= 0.6 is 0 Å². The largest absolute Gasteiger partial charge is 0.453 e. The maximum absolute atomic E-state index is 13.4. The van der Waals surface area contributed by atoms with Crippen LogP contribution in [0.15, 0.2) is 60.9 Å². The molecule has 45 heavy (non-hydrogen) atoms. The van der Waals surface area contributed by atoms with Crippen LogP contribution in [0.3, 0.4) is 0 Å². The van der Waals surface area contributed by atoms with Crippen LogP contribution in [0.2, 0.25) is 0 Å². The zero-order valence-corrected chi connectivity index (χ0v) is 26.2. The number of H-pyrrole nitrogens is 2. The molecule has 4 aromatic rings. The molecule has 1 fully saturated rings. The second kappa shape index (κ2) is 14.2. The van der Waals surface area contributed by atoms with E-state index in [4.69, 9.17) is 4.74 Å². The number of aromatic amines is 2. The Hall–Kier alpha value is -4.93. The van der Waals surface area contributed by atoms with Crippen LogP contribution in [0.5, 0.6) is 0 Å². The highest BCUT2D eigenvalue weighted by Gasteiger charge is 2.37. The minimum absolute atomic E-state index is 0.0386. The molecule has 4 N–H and O–H groups in total. The van der Waals surface area contributed by atoms with Crippen molar-refractivity contribution in [2.24, 2.45) is 5.92 Å². The number of ether oxygens (including phenoxy) is 1. The lowest BCUT2D eigenvalue weighted by molar-refractivity contribution is -0.135. The monoisotopic (exact) mass is 611 g/mol. The predicted molar refractivity (Wildman–Crippen MR) is 173 cm³/mol. The molecule has 1 aliphatic rings. The van der Waals surface area contributed by atoms with Crippen LogP contribution in [-0.2, 0) is 14.3 Å². The summed E-state index contributed by atoms with van der Waals surface area (Å²) in [6.07, 6.45) is 6.87. The number of hydrogen-bond acceptors (Lipinski definition) is 6. The molecule has 1 aliphatic heterocycles. The van der Waals surface area contributed by atoms with Gasteiger partial charge in [0.25, 0.3) is 0 Å². The van der Waals surface area contributed by atoms with Gasteiger partial charge in [-0.05, 0) is 47.4 Å².